The second-order valence-corrected chi connectivity index (χ2v) is 6.60. The molecule has 1 aliphatic heterocycles. The summed E-state index contributed by atoms with van der Waals surface area (Å²) in [7, 11) is 0. The van der Waals surface area contributed by atoms with Gasteiger partial charge < -0.3 is 11.1 Å². The maximum absolute atomic E-state index is 13.5. The number of nitrogens with one attached hydrogen (secondary N) is 2. The van der Waals surface area contributed by atoms with Crippen molar-refractivity contribution in [2.45, 2.75) is 5.92 Å². The maximum Gasteiger partial charge on any atom is 0.318 e. The lowest BCUT2D eigenvalue weighted by molar-refractivity contribution is -0.132. The predicted molar refractivity (Wildman–Crippen MR) is 102 cm³/mol. The molecule has 4 rings (SSSR count). The highest BCUT2D eigenvalue weighted by Gasteiger charge is 2.42. The van der Waals surface area contributed by atoms with E-state index < -0.39 is 35.5 Å². The van der Waals surface area contributed by atoms with E-state index in [0.717, 1.165) is 16.3 Å². The average Bonchev–Trinajstić information content (AvgIpc) is 2.66. The first-order chi connectivity index (χ1) is 13.5. The number of fused-ring (bicyclic) bond motifs is 3. The predicted octanol–water partition coefficient (Wildman–Crippen LogP) is 2.87. The summed E-state index contributed by atoms with van der Waals surface area (Å²) in [6.07, 6.45) is 0. The van der Waals surface area contributed by atoms with E-state index in [1.807, 2.05) is 35.6 Å². The van der Waals surface area contributed by atoms with Crippen LogP contribution in [-0.4, -0.2) is 17.8 Å². The Labute approximate surface area is 159 Å². The molecule has 0 spiro atoms. The van der Waals surface area contributed by atoms with Crippen molar-refractivity contribution in [2.75, 3.05) is 5.32 Å². The molecule has 0 radical (unpaired) electrons. The third-order valence-corrected chi connectivity index (χ3v) is 4.91. The van der Waals surface area contributed by atoms with Gasteiger partial charge in [-0.25, -0.2) is 9.18 Å². The number of hydrogen-bond donors (Lipinski definition) is 3. The summed E-state index contributed by atoms with van der Waals surface area (Å²) < 4.78 is 13.5. The molecule has 140 valence electrons. The van der Waals surface area contributed by atoms with E-state index in [9.17, 15) is 18.8 Å². The molecule has 1 heterocycles. The maximum atomic E-state index is 13.5. The first-order valence-electron chi connectivity index (χ1n) is 8.64. The molecule has 2 atom stereocenters. The molecule has 7 heteroatoms. The summed E-state index contributed by atoms with van der Waals surface area (Å²) in [6, 6.07) is 15.8. The topological polar surface area (TPSA) is 101 Å². The smallest absolute Gasteiger partial charge is 0.318 e. The van der Waals surface area contributed by atoms with E-state index in [1.165, 1.54) is 24.3 Å². The summed E-state index contributed by atoms with van der Waals surface area (Å²) in [5.41, 5.74) is 6.97. The fraction of sp³-hybridized carbons (Fsp3) is 0.0952. The van der Waals surface area contributed by atoms with E-state index in [1.54, 1.807) is 6.07 Å². The van der Waals surface area contributed by atoms with Gasteiger partial charge in [0.2, 0.25) is 11.8 Å². The van der Waals surface area contributed by atoms with Crippen LogP contribution in [0.25, 0.3) is 10.8 Å². The van der Waals surface area contributed by atoms with Gasteiger partial charge in [-0.1, -0.05) is 42.5 Å². The summed E-state index contributed by atoms with van der Waals surface area (Å²) in [5, 5.41) is 6.52. The first kappa shape index (κ1) is 17.7. The molecule has 1 aliphatic rings. The molecule has 0 fully saturated rings. The number of hydrogen-bond acceptors (Lipinski definition) is 3. The van der Waals surface area contributed by atoms with Gasteiger partial charge in [-0.3, -0.25) is 14.9 Å². The van der Waals surface area contributed by atoms with E-state index in [0.29, 0.717) is 11.3 Å². The first-order valence-corrected chi connectivity index (χ1v) is 8.64. The second-order valence-electron chi connectivity index (χ2n) is 6.60. The van der Waals surface area contributed by atoms with Crippen molar-refractivity contribution in [1.82, 2.24) is 5.32 Å². The fourth-order valence-electron chi connectivity index (χ4n) is 3.77. The standard InChI is InChI=1S/C21H16FN3O3/c22-13-8-5-12(6-9-13)16-17-14-4-2-1-3-11(14)7-10-15(17)24-19(26)18(16)20(27)25-21(23)28/h1-10,16,18H,(H,24,26)(H3,23,25,27,28). The van der Waals surface area contributed by atoms with Crippen LogP contribution >= 0.6 is 0 Å². The van der Waals surface area contributed by atoms with Gasteiger partial charge in [0.15, 0.2) is 0 Å². The minimum atomic E-state index is -1.24. The number of anilines is 1. The number of imide groups is 1. The molecule has 4 amide bonds. The lowest BCUT2D eigenvalue weighted by atomic mass is 9.75. The third kappa shape index (κ3) is 2.96. The van der Waals surface area contributed by atoms with Crippen LogP contribution in [0, 0.1) is 11.7 Å². The number of halogens is 1. The molecule has 0 bridgehead atoms. The van der Waals surface area contributed by atoms with E-state index in [2.05, 4.69) is 5.32 Å². The monoisotopic (exact) mass is 377 g/mol. The van der Waals surface area contributed by atoms with Crippen LogP contribution < -0.4 is 16.4 Å². The molecule has 0 saturated carbocycles. The Bertz CT molecular complexity index is 1110. The number of primary amides is 1. The van der Waals surface area contributed by atoms with Crippen LogP contribution in [-0.2, 0) is 9.59 Å². The van der Waals surface area contributed by atoms with Gasteiger partial charge in [-0.2, -0.15) is 0 Å². The Hall–Kier alpha value is -3.74. The highest BCUT2D eigenvalue weighted by molar-refractivity contribution is 6.14. The van der Waals surface area contributed by atoms with Crippen molar-refractivity contribution < 1.29 is 18.8 Å². The fourth-order valence-corrected chi connectivity index (χ4v) is 3.77. The molecule has 3 aromatic rings. The van der Waals surface area contributed by atoms with Gasteiger partial charge in [0.1, 0.15) is 11.7 Å². The number of rotatable bonds is 2. The molecular weight excluding hydrogens is 361 g/mol. The van der Waals surface area contributed by atoms with E-state index in [-0.39, 0.29) is 0 Å². The zero-order chi connectivity index (χ0) is 19.8. The average molecular weight is 377 g/mol. The van der Waals surface area contributed by atoms with Crippen LogP contribution in [0.15, 0.2) is 60.7 Å². The highest BCUT2D eigenvalue weighted by Crippen LogP contribution is 2.44. The van der Waals surface area contributed by atoms with Gasteiger partial charge in [-0.15, -0.1) is 0 Å². The van der Waals surface area contributed by atoms with Crippen LogP contribution in [0.1, 0.15) is 17.0 Å². The number of carbonyl (C=O) groups excluding carboxylic acids is 3. The lowest BCUT2D eigenvalue weighted by Gasteiger charge is -2.33. The Morgan fingerprint density at radius 3 is 2.43 bits per heavy atom. The normalized spacial score (nSPS) is 18.2. The third-order valence-electron chi connectivity index (χ3n) is 4.91. The lowest BCUT2D eigenvalue weighted by Crippen LogP contribution is -2.47. The SMILES string of the molecule is NC(=O)NC(=O)C1C(=O)Nc2ccc3ccccc3c2C1c1ccc(F)cc1. The molecule has 0 saturated heterocycles. The van der Waals surface area contributed by atoms with Crippen molar-refractivity contribution in [3.63, 3.8) is 0 Å². The van der Waals surface area contributed by atoms with Crippen LogP contribution in [0.5, 0.6) is 0 Å². The second kappa shape index (κ2) is 6.77. The van der Waals surface area contributed by atoms with Crippen molar-refractivity contribution in [2.24, 2.45) is 11.7 Å². The van der Waals surface area contributed by atoms with Crippen molar-refractivity contribution in [3.05, 3.63) is 77.6 Å². The number of carbonyl (C=O) groups is 3. The molecule has 0 aromatic heterocycles. The van der Waals surface area contributed by atoms with Gasteiger partial charge in [0.25, 0.3) is 0 Å². The summed E-state index contributed by atoms with van der Waals surface area (Å²) in [4.78, 5) is 36.7. The van der Waals surface area contributed by atoms with Crippen LogP contribution in [0.2, 0.25) is 0 Å². The minimum absolute atomic E-state index is 0.430. The minimum Gasteiger partial charge on any atom is -0.351 e. The Morgan fingerprint density at radius 2 is 1.71 bits per heavy atom. The quantitative estimate of drug-likeness (QED) is 0.599. The number of amides is 4. The Balaban J connectivity index is 1.97. The zero-order valence-electron chi connectivity index (χ0n) is 14.6. The molecule has 0 aliphatic carbocycles. The summed E-state index contributed by atoms with van der Waals surface area (Å²) in [6.45, 7) is 0. The van der Waals surface area contributed by atoms with Crippen molar-refractivity contribution in [1.29, 1.82) is 0 Å². The largest absolute Gasteiger partial charge is 0.351 e. The molecule has 2 unspecified atom stereocenters. The van der Waals surface area contributed by atoms with Gasteiger partial charge in [0, 0.05) is 11.6 Å². The van der Waals surface area contributed by atoms with E-state index in [4.69, 9.17) is 5.73 Å². The van der Waals surface area contributed by atoms with Crippen molar-refractivity contribution >= 4 is 34.3 Å². The molecule has 3 aromatic carbocycles. The van der Waals surface area contributed by atoms with Gasteiger partial charge in [0.05, 0.1) is 0 Å². The van der Waals surface area contributed by atoms with Crippen LogP contribution in [0.3, 0.4) is 0 Å². The molecule has 4 N–H and O–H groups in total. The molecule has 6 nitrogen and oxygen atoms in total. The van der Waals surface area contributed by atoms with Gasteiger partial charge in [-0.05, 0) is 40.1 Å². The summed E-state index contributed by atoms with van der Waals surface area (Å²) in [5.74, 6) is -3.75. The number of benzene rings is 3. The molecule has 28 heavy (non-hydrogen) atoms. The highest BCUT2D eigenvalue weighted by atomic mass is 19.1. The number of urea groups is 1. The summed E-state index contributed by atoms with van der Waals surface area (Å²) >= 11 is 0. The number of nitrogens with two attached hydrogens (primary N) is 1. The van der Waals surface area contributed by atoms with Crippen LogP contribution in [0.4, 0.5) is 14.9 Å². The molecular formula is C21H16FN3O3. The Morgan fingerprint density at radius 1 is 1.00 bits per heavy atom. The van der Waals surface area contributed by atoms with E-state index >= 15 is 0 Å². The zero-order valence-corrected chi connectivity index (χ0v) is 14.6. The Kier molecular flexibility index (Phi) is 4.27. The van der Waals surface area contributed by atoms with Crippen molar-refractivity contribution in [3.8, 4) is 0 Å². The van der Waals surface area contributed by atoms with Gasteiger partial charge >= 0.3 is 6.03 Å².